The minimum absolute atomic E-state index is 0.122. The lowest BCUT2D eigenvalue weighted by atomic mass is 10.0. The predicted octanol–water partition coefficient (Wildman–Crippen LogP) is 3.35. The highest BCUT2D eigenvalue weighted by molar-refractivity contribution is 5.95. The van der Waals surface area contributed by atoms with E-state index in [4.69, 9.17) is 0 Å². The van der Waals surface area contributed by atoms with Crippen LogP contribution in [0.4, 0.5) is 4.39 Å². The number of hydrogen-bond acceptors (Lipinski definition) is 3. The van der Waals surface area contributed by atoms with Crippen LogP contribution >= 0.6 is 0 Å². The van der Waals surface area contributed by atoms with Gasteiger partial charge in [-0.05, 0) is 89.1 Å². The minimum Gasteiger partial charge on any atom is -0.303 e. The third-order valence-corrected chi connectivity index (χ3v) is 5.26. The van der Waals surface area contributed by atoms with Gasteiger partial charge in [0.05, 0.1) is 0 Å². The van der Waals surface area contributed by atoms with Gasteiger partial charge in [-0.25, -0.2) is 4.39 Å². The number of piperidine rings is 1. The van der Waals surface area contributed by atoms with Crippen LogP contribution < -0.4 is 0 Å². The second kappa shape index (κ2) is 8.02. The van der Waals surface area contributed by atoms with Crippen molar-refractivity contribution in [2.45, 2.75) is 44.6 Å². The zero-order valence-electron chi connectivity index (χ0n) is 13.8. The maximum Gasteiger partial charge on any atom is 0.162 e. The number of benzene rings is 1. The lowest BCUT2D eigenvalue weighted by molar-refractivity contribution is 0.0961. The molecular weight excluding hydrogens is 291 g/mol. The van der Waals surface area contributed by atoms with Gasteiger partial charge in [0.2, 0.25) is 0 Å². The van der Waals surface area contributed by atoms with Gasteiger partial charge < -0.3 is 9.80 Å². The summed E-state index contributed by atoms with van der Waals surface area (Å²) in [6, 6.07) is 6.67. The summed E-state index contributed by atoms with van der Waals surface area (Å²) in [6.45, 7) is 5.89. The zero-order valence-corrected chi connectivity index (χ0v) is 13.8. The van der Waals surface area contributed by atoms with E-state index < -0.39 is 0 Å². The molecule has 0 amide bonds. The molecule has 1 aromatic rings. The Bertz CT molecular complexity index is 503. The molecule has 0 aliphatic carbocycles. The van der Waals surface area contributed by atoms with Crippen LogP contribution in [0.15, 0.2) is 24.3 Å². The van der Waals surface area contributed by atoms with Crippen molar-refractivity contribution in [2.75, 3.05) is 32.7 Å². The molecular formula is C19H27FN2O. The molecule has 0 aromatic heterocycles. The molecule has 0 saturated carbocycles. The van der Waals surface area contributed by atoms with Crippen molar-refractivity contribution in [3.63, 3.8) is 0 Å². The largest absolute Gasteiger partial charge is 0.303 e. The van der Waals surface area contributed by atoms with Crippen molar-refractivity contribution in [1.29, 1.82) is 0 Å². The SMILES string of the molecule is O=C(CCCN1CCC(N2CCCC2)CC1)c1ccc(F)cc1. The maximum absolute atomic E-state index is 12.9. The first kappa shape index (κ1) is 16.6. The molecule has 3 rings (SSSR count). The van der Waals surface area contributed by atoms with E-state index in [-0.39, 0.29) is 11.6 Å². The molecule has 2 fully saturated rings. The summed E-state index contributed by atoms with van der Waals surface area (Å²) in [5.74, 6) is -0.167. The molecule has 3 nitrogen and oxygen atoms in total. The minimum atomic E-state index is -0.289. The first-order chi connectivity index (χ1) is 11.2. The fourth-order valence-corrected chi connectivity index (χ4v) is 3.86. The van der Waals surface area contributed by atoms with Crippen molar-refractivity contribution in [3.05, 3.63) is 35.6 Å². The van der Waals surface area contributed by atoms with Gasteiger partial charge in [-0.1, -0.05) is 0 Å². The van der Waals surface area contributed by atoms with E-state index in [2.05, 4.69) is 9.80 Å². The molecule has 126 valence electrons. The second-order valence-corrected chi connectivity index (χ2v) is 6.85. The van der Waals surface area contributed by atoms with Crippen molar-refractivity contribution in [1.82, 2.24) is 9.80 Å². The average molecular weight is 318 g/mol. The summed E-state index contributed by atoms with van der Waals surface area (Å²) in [7, 11) is 0. The van der Waals surface area contributed by atoms with E-state index in [0.717, 1.165) is 32.1 Å². The van der Waals surface area contributed by atoms with Gasteiger partial charge in [0, 0.05) is 18.0 Å². The van der Waals surface area contributed by atoms with Gasteiger partial charge in [0.1, 0.15) is 5.82 Å². The average Bonchev–Trinajstić information content (AvgIpc) is 3.10. The number of carbonyl (C=O) groups is 1. The van der Waals surface area contributed by atoms with Crippen LogP contribution in [0.3, 0.4) is 0 Å². The molecule has 0 radical (unpaired) electrons. The van der Waals surface area contributed by atoms with Gasteiger partial charge in [0.25, 0.3) is 0 Å². The van der Waals surface area contributed by atoms with Crippen LogP contribution in [-0.4, -0.2) is 54.3 Å². The van der Waals surface area contributed by atoms with Crippen LogP contribution in [-0.2, 0) is 0 Å². The Hall–Kier alpha value is -1.26. The molecule has 2 aliphatic heterocycles. The Labute approximate surface area is 138 Å². The molecule has 4 heteroatoms. The van der Waals surface area contributed by atoms with Crippen LogP contribution in [0.1, 0.15) is 48.9 Å². The van der Waals surface area contributed by atoms with Crippen LogP contribution in [0.5, 0.6) is 0 Å². The molecule has 2 aliphatic rings. The molecule has 1 aromatic carbocycles. The summed E-state index contributed by atoms with van der Waals surface area (Å²) in [5, 5.41) is 0. The topological polar surface area (TPSA) is 23.6 Å². The normalized spacial score (nSPS) is 20.9. The lowest BCUT2D eigenvalue weighted by Crippen LogP contribution is -2.44. The fourth-order valence-electron chi connectivity index (χ4n) is 3.86. The van der Waals surface area contributed by atoms with Gasteiger partial charge in [-0.3, -0.25) is 4.79 Å². The number of likely N-dealkylation sites (tertiary alicyclic amines) is 2. The second-order valence-electron chi connectivity index (χ2n) is 6.85. The van der Waals surface area contributed by atoms with Crippen molar-refractivity contribution >= 4 is 5.78 Å². The summed E-state index contributed by atoms with van der Waals surface area (Å²) in [6.07, 6.45) is 6.72. The van der Waals surface area contributed by atoms with Gasteiger partial charge in [-0.2, -0.15) is 0 Å². The zero-order chi connectivity index (χ0) is 16.1. The third kappa shape index (κ3) is 4.61. The van der Waals surface area contributed by atoms with E-state index in [1.54, 1.807) is 12.1 Å². The number of carbonyl (C=O) groups excluding carboxylic acids is 1. The maximum atomic E-state index is 12.9. The number of rotatable bonds is 6. The smallest absolute Gasteiger partial charge is 0.162 e. The molecule has 2 heterocycles. The van der Waals surface area contributed by atoms with Gasteiger partial charge in [-0.15, -0.1) is 0 Å². The summed E-state index contributed by atoms with van der Waals surface area (Å²) >= 11 is 0. The quantitative estimate of drug-likeness (QED) is 0.752. The van der Waals surface area contributed by atoms with Crippen LogP contribution in [0.2, 0.25) is 0 Å². The fraction of sp³-hybridized carbons (Fsp3) is 0.632. The standard InChI is InChI=1S/C19H27FN2O/c20-17-7-5-16(6-8-17)19(23)4-3-11-21-14-9-18(10-15-21)22-12-1-2-13-22/h5-8,18H,1-4,9-15H2. The Balaban J connectivity index is 1.35. The Kier molecular flexibility index (Phi) is 5.79. The molecule has 0 atom stereocenters. The molecule has 0 spiro atoms. The van der Waals surface area contributed by atoms with E-state index >= 15 is 0 Å². The molecule has 0 N–H and O–H groups in total. The Morgan fingerprint density at radius 1 is 1.04 bits per heavy atom. The molecule has 0 bridgehead atoms. The first-order valence-electron chi connectivity index (χ1n) is 8.97. The monoisotopic (exact) mass is 318 g/mol. The van der Waals surface area contributed by atoms with Crippen LogP contribution in [0.25, 0.3) is 0 Å². The van der Waals surface area contributed by atoms with E-state index in [1.807, 2.05) is 0 Å². The Morgan fingerprint density at radius 2 is 1.70 bits per heavy atom. The van der Waals surface area contributed by atoms with Crippen molar-refractivity contribution in [3.8, 4) is 0 Å². The number of hydrogen-bond donors (Lipinski definition) is 0. The molecule has 23 heavy (non-hydrogen) atoms. The highest BCUT2D eigenvalue weighted by atomic mass is 19.1. The number of ketones is 1. The summed E-state index contributed by atoms with van der Waals surface area (Å²) in [5.41, 5.74) is 0.624. The lowest BCUT2D eigenvalue weighted by Gasteiger charge is -2.36. The van der Waals surface area contributed by atoms with Gasteiger partial charge in [0.15, 0.2) is 5.78 Å². The van der Waals surface area contributed by atoms with Crippen molar-refractivity contribution in [2.24, 2.45) is 0 Å². The van der Waals surface area contributed by atoms with E-state index in [0.29, 0.717) is 12.0 Å². The number of nitrogens with zero attached hydrogens (tertiary/aromatic N) is 2. The predicted molar refractivity (Wildman–Crippen MR) is 90.2 cm³/mol. The van der Waals surface area contributed by atoms with Crippen LogP contribution in [0, 0.1) is 5.82 Å². The molecule has 0 unspecified atom stereocenters. The van der Waals surface area contributed by atoms with Crippen molar-refractivity contribution < 1.29 is 9.18 Å². The van der Waals surface area contributed by atoms with E-state index in [1.165, 1.54) is 50.9 Å². The summed E-state index contributed by atoms with van der Waals surface area (Å²) < 4.78 is 12.9. The highest BCUT2D eigenvalue weighted by Crippen LogP contribution is 2.21. The molecule has 2 saturated heterocycles. The highest BCUT2D eigenvalue weighted by Gasteiger charge is 2.26. The first-order valence-corrected chi connectivity index (χ1v) is 8.97. The number of halogens is 1. The number of Topliss-reactive ketones (excluding diaryl/α,β-unsaturated/α-hetero) is 1. The summed E-state index contributed by atoms with van der Waals surface area (Å²) in [4.78, 5) is 17.2. The van der Waals surface area contributed by atoms with E-state index in [9.17, 15) is 9.18 Å². The Morgan fingerprint density at radius 3 is 2.35 bits per heavy atom. The third-order valence-electron chi connectivity index (χ3n) is 5.26. The van der Waals surface area contributed by atoms with Gasteiger partial charge >= 0.3 is 0 Å².